The number of ether oxygens (including phenoxy) is 1. The number of carbonyl (C=O) groups excluding carboxylic acids is 1. The number of ketones is 1. The molecule has 0 atom stereocenters. The van der Waals surface area contributed by atoms with E-state index in [-0.39, 0.29) is 30.2 Å². The summed E-state index contributed by atoms with van der Waals surface area (Å²) >= 11 is 0. The molecule has 0 aliphatic heterocycles. The number of halogens is 1. The van der Waals surface area contributed by atoms with Crippen LogP contribution in [0, 0.1) is 0 Å². The van der Waals surface area contributed by atoms with Gasteiger partial charge in [0, 0.05) is 5.56 Å². The standard InChI is InChI=1S/C13H15N3O2.ClH/c1-9(2)18-13-11(8-16(14)15-13)12(17)10-6-4-3-5-7-10;/h3-9H,14H2,1-2H3;1H. The first-order valence-electron chi connectivity index (χ1n) is 5.69. The van der Waals surface area contributed by atoms with Gasteiger partial charge in [-0.15, -0.1) is 17.5 Å². The molecule has 5 nitrogen and oxygen atoms in total. The minimum Gasteiger partial charge on any atom is -0.473 e. The highest BCUT2D eigenvalue weighted by Crippen LogP contribution is 2.20. The van der Waals surface area contributed by atoms with Crippen molar-refractivity contribution >= 4 is 18.2 Å². The van der Waals surface area contributed by atoms with Gasteiger partial charge in [0.05, 0.1) is 12.3 Å². The van der Waals surface area contributed by atoms with Crippen molar-refractivity contribution in [2.45, 2.75) is 20.0 Å². The second kappa shape index (κ2) is 6.24. The van der Waals surface area contributed by atoms with Crippen molar-refractivity contribution in [2.24, 2.45) is 0 Å². The Labute approximate surface area is 117 Å². The Morgan fingerprint density at radius 3 is 2.53 bits per heavy atom. The molecule has 1 aromatic heterocycles. The third kappa shape index (κ3) is 3.48. The third-order valence-corrected chi connectivity index (χ3v) is 2.33. The van der Waals surface area contributed by atoms with E-state index in [2.05, 4.69) is 5.10 Å². The summed E-state index contributed by atoms with van der Waals surface area (Å²) in [5, 5.41) is 3.95. The highest BCUT2D eigenvalue weighted by atomic mass is 35.5. The van der Waals surface area contributed by atoms with Gasteiger partial charge < -0.3 is 10.6 Å². The molecule has 0 amide bonds. The molecule has 1 aromatic carbocycles. The minimum absolute atomic E-state index is 0. The fourth-order valence-corrected chi connectivity index (χ4v) is 1.59. The molecule has 0 fully saturated rings. The summed E-state index contributed by atoms with van der Waals surface area (Å²) in [5.41, 5.74) is 0.955. The Kier molecular flexibility index (Phi) is 4.94. The molecule has 0 unspecified atom stereocenters. The second-order valence-corrected chi connectivity index (χ2v) is 4.19. The Hall–Kier alpha value is -2.01. The Balaban J connectivity index is 0.00000180. The maximum Gasteiger partial charge on any atom is 0.246 e. The van der Waals surface area contributed by atoms with E-state index < -0.39 is 0 Å². The number of hydrogen-bond acceptors (Lipinski definition) is 4. The highest BCUT2D eigenvalue weighted by molar-refractivity contribution is 6.10. The SMILES string of the molecule is CC(C)Oc1nn(N)cc1C(=O)c1ccccc1.Cl. The first kappa shape index (κ1) is 15.0. The normalized spacial score (nSPS) is 10.1. The van der Waals surface area contributed by atoms with Crippen LogP contribution in [0.1, 0.15) is 29.8 Å². The van der Waals surface area contributed by atoms with Crippen molar-refractivity contribution in [3.63, 3.8) is 0 Å². The Morgan fingerprint density at radius 1 is 1.32 bits per heavy atom. The molecule has 19 heavy (non-hydrogen) atoms. The number of hydrogen-bond donors (Lipinski definition) is 1. The largest absolute Gasteiger partial charge is 0.473 e. The summed E-state index contributed by atoms with van der Waals surface area (Å²) in [7, 11) is 0. The molecular formula is C13H16ClN3O2. The fraction of sp³-hybridized carbons (Fsp3) is 0.231. The number of aromatic nitrogens is 2. The van der Waals surface area contributed by atoms with Crippen LogP contribution in [0.3, 0.4) is 0 Å². The minimum atomic E-state index is -0.150. The van der Waals surface area contributed by atoms with Crippen LogP contribution in [0.25, 0.3) is 0 Å². The second-order valence-electron chi connectivity index (χ2n) is 4.19. The molecule has 6 heteroatoms. The van der Waals surface area contributed by atoms with Crippen LogP contribution >= 0.6 is 12.4 Å². The predicted molar refractivity (Wildman–Crippen MR) is 75.3 cm³/mol. The monoisotopic (exact) mass is 281 g/mol. The smallest absolute Gasteiger partial charge is 0.246 e. The molecule has 0 saturated carbocycles. The summed E-state index contributed by atoms with van der Waals surface area (Å²) in [6, 6.07) is 8.96. The maximum atomic E-state index is 12.3. The molecule has 102 valence electrons. The lowest BCUT2D eigenvalue weighted by molar-refractivity contribution is 0.103. The fourth-order valence-electron chi connectivity index (χ4n) is 1.59. The zero-order valence-corrected chi connectivity index (χ0v) is 11.6. The molecule has 2 aromatic rings. The molecular weight excluding hydrogens is 266 g/mol. The summed E-state index contributed by atoms with van der Waals surface area (Å²) in [4.78, 5) is 13.4. The third-order valence-electron chi connectivity index (χ3n) is 2.33. The van der Waals surface area contributed by atoms with E-state index in [4.69, 9.17) is 10.6 Å². The summed E-state index contributed by atoms with van der Waals surface area (Å²) in [6.45, 7) is 3.73. The zero-order chi connectivity index (χ0) is 13.1. The van der Waals surface area contributed by atoms with E-state index in [1.54, 1.807) is 12.1 Å². The maximum absolute atomic E-state index is 12.3. The van der Waals surface area contributed by atoms with E-state index in [1.165, 1.54) is 6.20 Å². The molecule has 2 rings (SSSR count). The van der Waals surface area contributed by atoms with Crippen molar-refractivity contribution in [1.82, 2.24) is 9.89 Å². The van der Waals surface area contributed by atoms with Crippen LogP contribution in [0.15, 0.2) is 36.5 Å². The predicted octanol–water partition coefficient (Wildman–Crippen LogP) is 2.04. The average Bonchev–Trinajstić information content (AvgIpc) is 2.69. The zero-order valence-electron chi connectivity index (χ0n) is 10.7. The number of benzene rings is 1. The van der Waals surface area contributed by atoms with Gasteiger partial charge in [0.1, 0.15) is 5.56 Å². The van der Waals surface area contributed by atoms with Gasteiger partial charge >= 0.3 is 0 Å². The van der Waals surface area contributed by atoms with Gasteiger partial charge in [-0.25, -0.2) is 0 Å². The summed E-state index contributed by atoms with van der Waals surface area (Å²) < 4.78 is 5.48. The van der Waals surface area contributed by atoms with Crippen molar-refractivity contribution in [2.75, 3.05) is 5.84 Å². The van der Waals surface area contributed by atoms with Gasteiger partial charge in [0.25, 0.3) is 0 Å². The van der Waals surface area contributed by atoms with Crippen LogP contribution in [0.4, 0.5) is 0 Å². The average molecular weight is 282 g/mol. The van der Waals surface area contributed by atoms with E-state index in [1.807, 2.05) is 32.0 Å². The van der Waals surface area contributed by atoms with Gasteiger partial charge in [-0.1, -0.05) is 30.3 Å². The van der Waals surface area contributed by atoms with Crippen LogP contribution in [-0.4, -0.2) is 21.8 Å². The molecule has 2 N–H and O–H groups in total. The van der Waals surface area contributed by atoms with Crippen molar-refractivity contribution in [3.05, 3.63) is 47.7 Å². The van der Waals surface area contributed by atoms with Crippen LogP contribution in [0.2, 0.25) is 0 Å². The van der Waals surface area contributed by atoms with Crippen molar-refractivity contribution in [3.8, 4) is 5.88 Å². The topological polar surface area (TPSA) is 70.1 Å². The lowest BCUT2D eigenvalue weighted by atomic mass is 10.1. The van der Waals surface area contributed by atoms with E-state index in [0.29, 0.717) is 11.1 Å². The summed E-state index contributed by atoms with van der Waals surface area (Å²) in [5.74, 6) is 5.66. The Morgan fingerprint density at radius 2 is 1.95 bits per heavy atom. The molecule has 0 spiro atoms. The van der Waals surface area contributed by atoms with E-state index in [0.717, 1.165) is 4.79 Å². The van der Waals surface area contributed by atoms with Gasteiger partial charge in [0.2, 0.25) is 5.88 Å². The van der Waals surface area contributed by atoms with Gasteiger partial charge in [0.15, 0.2) is 5.78 Å². The molecule has 0 radical (unpaired) electrons. The Bertz CT molecular complexity index is 552. The first-order valence-corrected chi connectivity index (χ1v) is 5.69. The van der Waals surface area contributed by atoms with E-state index >= 15 is 0 Å². The number of carbonyl (C=O) groups is 1. The molecule has 0 aliphatic rings. The van der Waals surface area contributed by atoms with Crippen molar-refractivity contribution in [1.29, 1.82) is 0 Å². The number of nitrogen functional groups attached to an aromatic ring is 1. The molecule has 0 bridgehead atoms. The lowest BCUT2D eigenvalue weighted by Crippen LogP contribution is -2.11. The van der Waals surface area contributed by atoms with Gasteiger partial charge in [-0.3, -0.25) is 4.79 Å². The van der Waals surface area contributed by atoms with Gasteiger partial charge in [-0.2, -0.15) is 4.79 Å². The lowest BCUT2D eigenvalue weighted by Gasteiger charge is -2.07. The highest BCUT2D eigenvalue weighted by Gasteiger charge is 2.19. The number of rotatable bonds is 4. The number of nitrogens with zero attached hydrogens (tertiary/aromatic N) is 2. The van der Waals surface area contributed by atoms with E-state index in [9.17, 15) is 4.79 Å². The van der Waals surface area contributed by atoms with Gasteiger partial charge in [-0.05, 0) is 13.8 Å². The molecule has 1 heterocycles. The first-order chi connectivity index (χ1) is 8.58. The molecule has 0 aliphatic carbocycles. The number of nitrogens with two attached hydrogens (primary N) is 1. The van der Waals surface area contributed by atoms with Crippen LogP contribution in [-0.2, 0) is 0 Å². The summed E-state index contributed by atoms with van der Waals surface area (Å²) in [6.07, 6.45) is 1.40. The van der Waals surface area contributed by atoms with Crippen LogP contribution < -0.4 is 10.6 Å². The van der Waals surface area contributed by atoms with Crippen LogP contribution in [0.5, 0.6) is 5.88 Å². The quantitative estimate of drug-likeness (QED) is 0.688. The molecule has 0 saturated heterocycles. The van der Waals surface area contributed by atoms with Crippen molar-refractivity contribution < 1.29 is 9.53 Å².